The molecule has 1 aliphatic rings. The van der Waals surface area contributed by atoms with E-state index in [0.29, 0.717) is 16.7 Å². The van der Waals surface area contributed by atoms with E-state index in [2.05, 4.69) is 9.97 Å². The molecule has 3 aromatic rings. The van der Waals surface area contributed by atoms with Crippen LogP contribution in [0.25, 0.3) is 22.4 Å². The quantitative estimate of drug-likeness (QED) is 0.443. The van der Waals surface area contributed by atoms with Gasteiger partial charge in [-0.25, -0.2) is 13.4 Å². The fourth-order valence-corrected chi connectivity index (χ4v) is 5.65. The number of fused-ring (bicyclic) bond motifs is 1. The SMILES string of the molecule is CSc1cnc2c(c1)c(C(N)=O)c(-c1ccc(S(=O)(=O)NC(C)(C)C(F)(F)F)cn1)n2C1CCC1. The van der Waals surface area contributed by atoms with Crippen LogP contribution >= 0.6 is 11.8 Å². The molecule has 4 rings (SSSR count). The van der Waals surface area contributed by atoms with Crippen LogP contribution in [0.3, 0.4) is 0 Å². The van der Waals surface area contributed by atoms with Gasteiger partial charge < -0.3 is 10.3 Å². The number of carbonyl (C=O) groups excluding carboxylic acids is 1. The van der Waals surface area contributed by atoms with Crippen LogP contribution in [0.2, 0.25) is 0 Å². The zero-order chi connectivity index (χ0) is 25.8. The van der Waals surface area contributed by atoms with Crippen LogP contribution in [-0.4, -0.2) is 46.8 Å². The summed E-state index contributed by atoms with van der Waals surface area (Å²) in [4.78, 5) is 21.7. The topological polar surface area (TPSA) is 120 Å². The Kier molecular flexibility index (Phi) is 6.39. The lowest BCUT2D eigenvalue weighted by atomic mass is 9.92. The largest absolute Gasteiger partial charge is 0.407 e. The van der Waals surface area contributed by atoms with Crippen molar-refractivity contribution in [3.05, 3.63) is 36.2 Å². The second-order valence-corrected chi connectivity index (χ2v) is 11.5. The number of alkyl halides is 3. The first-order chi connectivity index (χ1) is 16.3. The van der Waals surface area contributed by atoms with Crippen molar-refractivity contribution in [1.82, 2.24) is 19.3 Å². The van der Waals surface area contributed by atoms with E-state index >= 15 is 0 Å². The van der Waals surface area contributed by atoms with Gasteiger partial charge in [0.2, 0.25) is 10.0 Å². The zero-order valence-electron chi connectivity index (χ0n) is 19.2. The minimum absolute atomic E-state index is 0.0627. The highest BCUT2D eigenvalue weighted by Gasteiger charge is 2.49. The number of amides is 1. The van der Waals surface area contributed by atoms with Gasteiger partial charge in [-0.15, -0.1) is 11.8 Å². The van der Waals surface area contributed by atoms with Crippen LogP contribution in [0.4, 0.5) is 13.2 Å². The molecule has 1 aliphatic carbocycles. The summed E-state index contributed by atoms with van der Waals surface area (Å²) in [5.74, 6) is -0.685. The van der Waals surface area contributed by atoms with Crippen LogP contribution < -0.4 is 10.5 Å². The van der Waals surface area contributed by atoms with Gasteiger partial charge in [0.15, 0.2) is 0 Å². The molecule has 0 atom stereocenters. The van der Waals surface area contributed by atoms with Crippen LogP contribution in [0, 0.1) is 0 Å². The molecule has 0 saturated heterocycles. The van der Waals surface area contributed by atoms with Gasteiger partial charge in [0.05, 0.1) is 17.0 Å². The number of sulfonamides is 1. The summed E-state index contributed by atoms with van der Waals surface area (Å²) < 4.78 is 68.4. The summed E-state index contributed by atoms with van der Waals surface area (Å²) in [6, 6.07) is 4.41. The fourth-order valence-electron chi connectivity index (χ4n) is 3.91. The van der Waals surface area contributed by atoms with E-state index in [4.69, 9.17) is 5.73 Å². The number of hydrogen-bond acceptors (Lipinski definition) is 6. The molecule has 188 valence electrons. The zero-order valence-corrected chi connectivity index (χ0v) is 20.8. The van der Waals surface area contributed by atoms with Crippen molar-refractivity contribution in [2.24, 2.45) is 5.73 Å². The van der Waals surface area contributed by atoms with E-state index in [9.17, 15) is 26.4 Å². The Hall–Kier alpha value is -2.64. The Morgan fingerprint density at radius 2 is 1.89 bits per heavy atom. The number of halogens is 3. The summed E-state index contributed by atoms with van der Waals surface area (Å²) in [6.45, 7) is 1.47. The molecular weight excluding hydrogens is 503 g/mol. The molecule has 0 radical (unpaired) electrons. The molecule has 3 N–H and O–H groups in total. The minimum atomic E-state index is -4.80. The van der Waals surface area contributed by atoms with Crippen molar-refractivity contribution < 1.29 is 26.4 Å². The highest BCUT2D eigenvalue weighted by atomic mass is 32.2. The van der Waals surface area contributed by atoms with Gasteiger partial charge in [0.25, 0.3) is 5.91 Å². The van der Waals surface area contributed by atoms with Gasteiger partial charge in [0.1, 0.15) is 16.1 Å². The molecule has 1 amide bonds. The monoisotopic (exact) mass is 527 g/mol. The maximum absolute atomic E-state index is 13.2. The summed E-state index contributed by atoms with van der Waals surface area (Å²) >= 11 is 1.46. The lowest BCUT2D eigenvalue weighted by Gasteiger charge is -2.29. The number of carbonyl (C=O) groups is 1. The first kappa shape index (κ1) is 25.5. The highest BCUT2D eigenvalue weighted by Crippen LogP contribution is 2.42. The number of thioether (sulfide) groups is 1. The number of pyridine rings is 2. The third-order valence-electron chi connectivity index (χ3n) is 6.13. The molecule has 1 fully saturated rings. The average molecular weight is 528 g/mol. The fraction of sp³-hybridized carbons (Fsp3) is 0.409. The molecule has 3 heterocycles. The minimum Gasteiger partial charge on any atom is -0.366 e. The van der Waals surface area contributed by atoms with E-state index < -0.39 is 32.5 Å². The van der Waals surface area contributed by atoms with E-state index in [0.717, 1.165) is 50.3 Å². The molecule has 0 aliphatic heterocycles. The van der Waals surface area contributed by atoms with Crippen molar-refractivity contribution in [2.45, 2.75) is 60.7 Å². The Morgan fingerprint density at radius 1 is 1.20 bits per heavy atom. The molecule has 0 aromatic carbocycles. The van der Waals surface area contributed by atoms with Crippen molar-refractivity contribution >= 4 is 38.7 Å². The van der Waals surface area contributed by atoms with E-state index in [1.54, 1.807) is 10.9 Å². The molecule has 0 spiro atoms. The van der Waals surface area contributed by atoms with Gasteiger partial charge in [-0.1, -0.05) is 0 Å². The first-order valence-corrected chi connectivity index (χ1v) is 13.4. The van der Waals surface area contributed by atoms with Gasteiger partial charge >= 0.3 is 6.18 Å². The number of aromatic nitrogens is 3. The number of nitrogens with one attached hydrogen (secondary N) is 1. The highest BCUT2D eigenvalue weighted by molar-refractivity contribution is 7.98. The third-order valence-corrected chi connectivity index (χ3v) is 8.46. The maximum Gasteiger partial charge on any atom is 0.407 e. The van der Waals surface area contributed by atoms with Crippen molar-refractivity contribution in [1.29, 1.82) is 0 Å². The molecule has 35 heavy (non-hydrogen) atoms. The maximum atomic E-state index is 13.2. The second kappa shape index (κ2) is 8.79. The van der Waals surface area contributed by atoms with Gasteiger partial charge in [0, 0.05) is 28.7 Å². The van der Waals surface area contributed by atoms with Crippen molar-refractivity contribution in [3.8, 4) is 11.4 Å². The predicted octanol–water partition coefficient (Wildman–Crippen LogP) is 4.26. The van der Waals surface area contributed by atoms with Gasteiger partial charge in [-0.2, -0.15) is 17.9 Å². The van der Waals surface area contributed by atoms with Crippen molar-refractivity contribution in [2.75, 3.05) is 6.26 Å². The van der Waals surface area contributed by atoms with E-state index in [1.807, 2.05) is 16.9 Å². The normalized spacial score (nSPS) is 15.4. The van der Waals surface area contributed by atoms with Gasteiger partial charge in [-0.3, -0.25) is 9.78 Å². The van der Waals surface area contributed by atoms with Crippen LogP contribution in [0.5, 0.6) is 0 Å². The molecule has 3 aromatic heterocycles. The molecule has 0 bridgehead atoms. The Balaban J connectivity index is 1.84. The number of nitrogens with two attached hydrogens (primary N) is 1. The summed E-state index contributed by atoms with van der Waals surface area (Å²) in [5, 5.41) is 0.568. The van der Waals surface area contributed by atoms with Crippen LogP contribution in [0.15, 0.2) is 40.4 Å². The van der Waals surface area contributed by atoms with Crippen LogP contribution in [-0.2, 0) is 10.0 Å². The lowest BCUT2D eigenvalue weighted by molar-refractivity contribution is -0.180. The molecule has 0 unspecified atom stereocenters. The second-order valence-electron chi connectivity index (χ2n) is 8.90. The first-order valence-electron chi connectivity index (χ1n) is 10.7. The number of rotatable bonds is 7. The Labute approximate surface area is 204 Å². The van der Waals surface area contributed by atoms with Crippen LogP contribution in [0.1, 0.15) is 49.5 Å². The summed E-state index contributed by atoms with van der Waals surface area (Å²) in [7, 11) is -4.53. The average Bonchev–Trinajstić information content (AvgIpc) is 3.05. The lowest BCUT2D eigenvalue weighted by Crippen LogP contribution is -2.54. The standard InChI is InChI=1S/C22H24F3N5O3S2/c1-21(2,22(23,24)25)29-35(32,33)14-7-8-16(27-11-14)18-17(19(26)31)15-9-13(34-3)10-28-20(15)30(18)12-5-4-6-12/h7-12,29H,4-6H2,1-3H3,(H2,26,31). The molecule has 8 nitrogen and oxygen atoms in total. The summed E-state index contributed by atoms with van der Waals surface area (Å²) in [5.41, 5.74) is 4.55. The summed E-state index contributed by atoms with van der Waals surface area (Å²) in [6.07, 6.45) is 2.49. The number of primary amides is 1. The predicted molar refractivity (Wildman–Crippen MR) is 127 cm³/mol. The number of hydrogen-bond donors (Lipinski definition) is 2. The molecule has 1 saturated carbocycles. The molecule has 13 heteroatoms. The Morgan fingerprint density at radius 3 is 2.37 bits per heavy atom. The number of nitrogens with zero attached hydrogens (tertiary/aromatic N) is 3. The van der Waals surface area contributed by atoms with E-state index in [-0.39, 0.29) is 17.3 Å². The smallest absolute Gasteiger partial charge is 0.366 e. The van der Waals surface area contributed by atoms with Crippen molar-refractivity contribution in [3.63, 3.8) is 0 Å². The van der Waals surface area contributed by atoms with E-state index in [1.165, 1.54) is 17.8 Å². The third kappa shape index (κ3) is 4.52. The molecular formula is C22H24F3N5O3S2. The Bertz CT molecular complexity index is 1400. The van der Waals surface area contributed by atoms with Gasteiger partial charge in [-0.05, 0) is 57.6 Å².